The molecule has 2 amide bonds. The molecule has 1 unspecified atom stereocenters. The van der Waals surface area contributed by atoms with E-state index in [-0.39, 0.29) is 23.8 Å². The van der Waals surface area contributed by atoms with Crippen LogP contribution in [0.4, 0.5) is 14.9 Å². The number of halogens is 1. The predicted octanol–water partition coefficient (Wildman–Crippen LogP) is 4.39. The van der Waals surface area contributed by atoms with Gasteiger partial charge in [0.25, 0.3) is 0 Å². The van der Waals surface area contributed by atoms with E-state index in [0.29, 0.717) is 0 Å². The van der Waals surface area contributed by atoms with E-state index >= 15 is 0 Å². The Kier molecular flexibility index (Phi) is 6.08. The van der Waals surface area contributed by atoms with Crippen LogP contribution >= 0.6 is 0 Å². The van der Waals surface area contributed by atoms with Crippen molar-refractivity contribution in [2.24, 2.45) is 0 Å². The zero-order valence-corrected chi connectivity index (χ0v) is 17.7. The number of carboxylic acids is 1. The molecule has 1 aliphatic carbocycles. The number of carbonyl (C=O) groups excluding carboxylic acids is 2. The summed E-state index contributed by atoms with van der Waals surface area (Å²) >= 11 is 0. The highest BCUT2D eigenvalue weighted by atomic mass is 19.1. The molecule has 1 atom stereocenters. The summed E-state index contributed by atoms with van der Waals surface area (Å²) in [5.41, 5.74) is 3.85. The molecule has 33 heavy (non-hydrogen) atoms. The quantitative estimate of drug-likeness (QED) is 0.519. The van der Waals surface area contributed by atoms with Crippen molar-refractivity contribution in [1.82, 2.24) is 5.32 Å². The van der Waals surface area contributed by atoms with Gasteiger partial charge in [0.05, 0.1) is 11.3 Å². The first kappa shape index (κ1) is 22.0. The number of rotatable bonds is 6. The lowest BCUT2D eigenvalue weighted by Gasteiger charge is -2.17. The van der Waals surface area contributed by atoms with Crippen LogP contribution in [0.25, 0.3) is 11.1 Å². The van der Waals surface area contributed by atoms with E-state index in [4.69, 9.17) is 4.74 Å². The molecular weight excluding hydrogens is 427 g/mol. The second-order valence-corrected chi connectivity index (χ2v) is 7.68. The molecule has 0 radical (unpaired) electrons. The van der Waals surface area contributed by atoms with E-state index in [2.05, 4.69) is 10.6 Å². The van der Waals surface area contributed by atoms with Crippen LogP contribution in [0.2, 0.25) is 0 Å². The summed E-state index contributed by atoms with van der Waals surface area (Å²) < 4.78 is 18.9. The van der Waals surface area contributed by atoms with Crippen LogP contribution in [-0.4, -0.2) is 35.7 Å². The maximum atomic E-state index is 13.5. The van der Waals surface area contributed by atoms with E-state index in [1.807, 2.05) is 48.5 Å². The fraction of sp³-hybridized carbons (Fsp3) is 0.160. The molecule has 0 saturated heterocycles. The van der Waals surface area contributed by atoms with Gasteiger partial charge in [0, 0.05) is 5.92 Å². The van der Waals surface area contributed by atoms with Crippen LogP contribution < -0.4 is 10.6 Å². The molecule has 0 saturated carbocycles. The van der Waals surface area contributed by atoms with Crippen molar-refractivity contribution in [1.29, 1.82) is 0 Å². The van der Waals surface area contributed by atoms with E-state index in [1.165, 1.54) is 6.92 Å². The third-order valence-corrected chi connectivity index (χ3v) is 5.54. The Morgan fingerprint density at radius 1 is 1.00 bits per heavy atom. The van der Waals surface area contributed by atoms with Crippen molar-refractivity contribution in [3.8, 4) is 11.1 Å². The molecule has 3 N–H and O–H groups in total. The first-order chi connectivity index (χ1) is 15.8. The maximum Gasteiger partial charge on any atom is 0.407 e. The SMILES string of the molecule is CC(NC(=O)OCC1c2ccccc2-c2ccccc21)C(=O)Nc1cc(F)ccc1C(=O)O. The fourth-order valence-electron chi connectivity index (χ4n) is 3.93. The van der Waals surface area contributed by atoms with Crippen LogP contribution in [0.1, 0.15) is 34.3 Å². The van der Waals surface area contributed by atoms with Crippen LogP contribution in [0, 0.1) is 5.82 Å². The highest BCUT2D eigenvalue weighted by Crippen LogP contribution is 2.44. The van der Waals surface area contributed by atoms with Crippen molar-refractivity contribution in [3.63, 3.8) is 0 Å². The maximum absolute atomic E-state index is 13.5. The number of carbonyl (C=O) groups is 3. The molecule has 4 rings (SSSR count). The largest absolute Gasteiger partial charge is 0.478 e. The van der Waals surface area contributed by atoms with Gasteiger partial charge in [-0.25, -0.2) is 14.0 Å². The second-order valence-electron chi connectivity index (χ2n) is 7.68. The Balaban J connectivity index is 1.38. The van der Waals surface area contributed by atoms with Gasteiger partial charge in [0.2, 0.25) is 5.91 Å². The summed E-state index contributed by atoms with van der Waals surface area (Å²) in [6.07, 6.45) is -0.794. The Morgan fingerprint density at radius 2 is 1.61 bits per heavy atom. The average Bonchev–Trinajstić information content (AvgIpc) is 3.11. The lowest BCUT2D eigenvalue weighted by atomic mass is 9.98. The molecule has 7 nitrogen and oxygen atoms in total. The zero-order chi connectivity index (χ0) is 23.5. The van der Waals surface area contributed by atoms with Crippen molar-refractivity contribution in [3.05, 3.63) is 89.2 Å². The highest BCUT2D eigenvalue weighted by Gasteiger charge is 2.29. The lowest BCUT2D eigenvalue weighted by Crippen LogP contribution is -2.42. The minimum atomic E-state index is -1.32. The molecule has 168 valence electrons. The number of alkyl carbamates (subject to hydrolysis) is 1. The van der Waals surface area contributed by atoms with Gasteiger partial charge < -0.3 is 20.5 Å². The summed E-state index contributed by atoms with van der Waals surface area (Å²) in [5.74, 6) is -2.86. The first-order valence-corrected chi connectivity index (χ1v) is 10.3. The number of ether oxygens (including phenoxy) is 1. The van der Waals surface area contributed by atoms with Gasteiger partial charge in [-0.15, -0.1) is 0 Å². The Morgan fingerprint density at radius 3 is 2.21 bits per heavy atom. The smallest absolute Gasteiger partial charge is 0.407 e. The van der Waals surface area contributed by atoms with Gasteiger partial charge in [0.1, 0.15) is 18.5 Å². The second kappa shape index (κ2) is 9.12. The molecule has 0 aromatic heterocycles. The van der Waals surface area contributed by atoms with E-state index in [1.54, 1.807) is 0 Å². The summed E-state index contributed by atoms with van der Waals surface area (Å²) in [6, 6.07) is 17.7. The summed E-state index contributed by atoms with van der Waals surface area (Å²) in [7, 11) is 0. The molecule has 0 bridgehead atoms. The number of benzene rings is 3. The van der Waals surface area contributed by atoms with E-state index in [0.717, 1.165) is 40.5 Å². The van der Waals surface area contributed by atoms with Gasteiger partial charge in [0.15, 0.2) is 0 Å². The highest BCUT2D eigenvalue weighted by molar-refractivity contribution is 6.02. The number of carboxylic acid groups (broad SMARTS) is 1. The van der Waals surface area contributed by atoms with Crippen molar-refractivity contribution in [2.45, 2.75) is 18.9 Å². The zero-order valence-electron chi connectivity index (χ0n) is 17.7. The minimum absolute atomic E-state index is 0.0846. The van der Waals surface area contributed by atoms with Gasteiger partial charge >= 0.3 is 12.1 Å². The molecule has 0 spiro atoms. The molecule has 3 aromatic carbocycles. The van der Waals surface area contributed by atoms with Crippen LogP contribution in [0.3, 0.4) is 0 Å². The molecule has 8 heteroatoms. The molecule has 0 heterocycles. The van der Waals surface area contributed by atoms with Gasteiger partial charge in [-0.05, 0) is 47.4 Å². The Hall–Kier alpha value is -4.20. The standard InChI is InChI=1S/C25H21FN2O5/c1-14(23(29)28-22-12-15(26)10-11-20(22)24(30)31)27-25(32)33-13-21-18-8-4-2-6-16(18)17-7-3-5-9-19(17)21/h2-12,14,21H,13H2,1H3,(H,27,32)(H,28,29)(H,30,31). The number of hydrogen-bond acceptors (Lipinski definition) is 4. The first-order valence-electron chi connectivity index (χ1n) is 10.3. The van der Waals surface area contributed by atoms with Crippen LogP contribution in [0.15, 0.2) is 66.7 Å². The number of fused-ring (bicyclic) bond motifs is 3. The van der Waals surface area contributed by atoms with Gasteiger partial charge in [-0.3, -0.25) is 4.79 Å². The van der Waals surface area contributed by atoms with Crippen molar-refractivity contribution < 1.29 is 28.6 Å². The van der Waals surface area contributed by atoms with E-state index < -0.39 is 29.8 Å². The fourth-order valence-corrected chi connectivity index (χ4v) is 3.93. The topological polar surface area (TPSA) is 105 Å². The van der Waals surface area contributed by atoms with Crippen molar-refractivity contribution in [2.75, 3.05) is 11.9 Å². The number of amides is 2. The molecular formula is C25H21FN2O5. The van der Waals surface area contributed by atoms with Crippen molar-refractivity contribution >= 4 is 23.7 Å². The minimum Gasteiger partial charge on any atom is -0.478 e. The normalized spacial score (nSPS) is 12.9. The molecule has 1 aliphatic rings. The van der Waals surface area contributed by atoms with Gasteiger partial charge in [-0.1, -0.05) is 48.5 Å². The van der Waals surface area contributed by atoms with E-state index in [9.17, 15) is 23.9 Å². The average molecular weight is 448 g/mol. The number of nitrogens with one attached hydrogen (secondary N) is 2. The molecule has 0 fully saturated rings. The third kappa shape index (κ3) is 4.55. The number of hydrogen-bond donors (Lipinski definition) is 3. The Bertz CT molecular complexity index is 1200. The summed E-state index contributed by atoms with van der Waals surface area (Å²) in [4.78, 5) is 36.1. The Labute approximate surface area is 189 Å². The number of aromatic carboxylic acids is 1. The molecule has 0 aliphatic heterocycles. The third-order valence-electron chi connectivity index (χ3n) is 5.54. The predicted molar refractivity (Wildman–Crippen MR) is 120 cm³/mol. The number of anilines is 1. The summed E-state index contributed by atoms with van der Waals surface area (Å²) in [5, 5.41) is 14.0. The summed E-state index contributed by atoms with van der Waals surface area (Å²) in [6.45, 7) is 1.50. The lowest BCUT2D eigenvalue weighted by molar-refractivity contribution is -0.117. The van der Waals surface area contributed by atoms with Crippen LogP contribution in [0.5, 0.6) is 0 Å². The van der Waals surface area contributed by atoms with Gasteiger partial charge in [-0.2, -0.15) is 0 Å². The monoisotopic (exact) mass is 448 g/mol. The van der Waals surface area contributed by atoms with Crippen LogP contribution in [-0.2, 0) is 9.53 Å². The molecule has 3 aromatic rings.